The Morgan fingerprint density at radius 2 is 1.91 bits per heavy atom. The number of esters is 1. The number of hydrogen-bond acceptors (Lipinski definition) is 5. The molecule has 1 unspecified atom stereocenters. The van der Waals surface area contributed by atoms with Crippen LogP contribution in [0.2, 0.25) is 0 Å². The highest BCUT2D eigenvalue weighted by Crippen LogP contribution is 2.26. The van der Waals surface area contributed by atoms with Gasteiger partial charge in [0.2, 0.25) is 0 Å². The van der Waals surface area contributed by atoms with Gasteiger partial charge in [-0.15, -0.1) is 0 Å². The molecule has 0 aliphatic carbocycles. The van der Waals surface area contributed by atoms with Crippen molar-refractivity contribution < 1.29 is 24.4 Å². The molecule has 6 nitrogen and oxygen atoms in total. The van der Waals surface area contributed by atoms with E-state index in [4.69, 9.17) is 14.4 Å². The fourth-order valence-corrected chi connectivity index (χ4v) is 2.13. The number of hydrogen-bond donors (Lipinski definition) is 2. The summed E-state index contributed by atoms with van der Waals surface area (Å²) in [5, 5.41) is 18.7. The number of allylic oxidation sites excluding steroid dienone is 1. The SMILES string of the molecule is CC1=CC(=Cc2ccc(-c3ccc([NH+]([O-])O)cc3)o2)C(=O)O1. The lowest BCUT2D eigenvalue weighted by Crippen LogP contribution is -2.99. The van der Waals surface area contributed by atoms with Gasteiger partial charge in [-0.05, 0) is 43.3 Å². The normalized spacial score (nSPS) is 17.5. The van der Waals surface area contributed by atoms with Gasteiger partial charge in [-0.3, -0.25) is 0 Å². The number of carbonyl (C=O) groups is 1. The Morgan fingerprint density at radius 1 is 1.18 bits per heavy atom. The summed E-state index contributed by atoms with van der Waals surface area (Å²) in [7, 11) is 0. The molecule has 0 bridgehead atoms. The average Bonchev–Trinajstić information content (AvgIpc) is 3.06. The van der Waals surface area contributed by atoms with E-state index in [1.54, 1.807) is 43.3 Å². The van der Waals surface area contributed by atoms with Crippen molar-refractivity contribution in [1.82, 2.24) is 0 Å². The summed E-state index contributed by atoms with van der Waals surface area (Å²) in [5.41, 5.74) is 1.40. The highest BCUT2D eigenvalue weighted by atomic mass is 16.8. The standard InChI is InChI=1S/C16H13NO5/c1-10-8-12(16(18)21-10)9-14-6-7-15(22-14)11-2-4-13(5-3-11)17(19)20/h2-9,17,19H,1H3. The van der Waals surface area contributed by atoms with Crippen molar-refractivity contribution in [3.05, 3.63) is 64.8 Å². The maximum atomic E-state index is 11.5. The van der Waals surface area contributed by atoms with Gasteiger partial charge in [0.15, 0.2) is 5.69 Å². The first-order valence-corrected chi connectivity index (χ1v) is 6.59. The predicted octanol–water partition coefficient (Wildman–Crippen LogP) is 2.19. The molecule has 3 rings (SSSR count). The smallest absolute Gasteiger partial charge is 0.343 e. The maximum absolute atomic E-state index is 11.5. The maximum Gasteiger partial charge on any atom is 0.343 e. The molecule has 2 N–H and O–H groups in total. The van der Waals surface area contributed by atoms with E-state index in [0.29, 0.717) is 22.9 Å². The molecule has 6 heteroatoms. The van der Waals surface area contributed by atoms with Crippen LogP contribution >= 0.6 is 0 Å². The van der Waals surface area contributed by atoms with Crippen molar-refractivity contribution in [3.8, 4) is 11.3 Å². The molecule has 1 atom stereocenters. The first-order chi connectivity index (χ1) is 10.5. The fraction of sp³-hybridized carbons (Fsp3) is 0.0625. The average molecular weight is 299 g/mol. The van der Waals surface area contributed by atoms with Gasteiger partial charge in [0.05, 0.1) is 5.57 Å². The minimum Gasteiger partial charge on any atom is -0.595 e. The molecule has 1 aliphatic rings. The molecule has 0 saturated heterocycles. The summed E-state index contributed by atoms with van der Waals surface area (Å²) in [5.74, 6) is 1.26. The predicted molar refractivity (Wildman–Crippen MR) is 77.7 cm³/mol. The van der Waals surface area contributed by atoms with E-state index in [2.05, 4.69) is 0 Å². The van der Waals surface area contributed by atoms with Crippen LogP contribution in [0.3, 0.4) is 0 Å². The van der Waals surface area contributed by atoms with E-state index >= 15 is 0 Å². The molecule has 0 amide bonds. The van der Waals surface area contributed by atoms with E-state index in [9.17, 15) is 10.0 Å². The zero-order valence-corrected chi connectivity index (χ0v) is 11.7. The number of nitrogens with one attached hydrogen (secondary N) is 1. The second kappa shape index (κ2) is 5.61. The van der Waals surface area contributed by atoms with Crippen LogP contribution in [0.15, 0.2) is 58.2 Å². The van der Waals surface area contributed by atoms with Crippen LogP contribution in [0.25, 0.3) is 17.4 Å². The Bertz CT molecular complexity index is 768. The van der Waals surface area contributed by atoms with Crippen LogP contribution in [0.5, 0.6) is 0 Å². The van der Waals surface area contributed by atoms with Gasteiger partial charge in [0.1, 0.15) is 17.3 Å². The lowest BCUT2D eigenvalue weighted by molar-refractivity contribution is -0.991. The van der Waals surface area contributed by atoms with E-state index < -0.39 is 11.2 Å². The third-order valence-electron chi connectivity index (χ3n) is 3.19. The molecule has 0 saturated carbocycles. The third-order valence-corrected chi connectivity index (χ3v) is 3.19. The summed E-state index contributed by atoms with van der Waals surface area (Å²) < 4.78 is 10.6. The van der Waals surface area contributed by atoms with Crippen molar-refractivity contribution in [1.29, 1.82) is 0 Å². The zero-order chi connectivity index (χ0) is 15.7. The van der Waals surface area contributed by atoms with Crippen LogP contribution in [-0.4, -0.2) is 11.2 Å². The van der Waals surface area contributed by atoms with Crippen molar-refractivity contribution in [2.24, 2.45) is 0 Å². The monoisotopic (exact) mass is 299 g/mol. The van der Waals surface area contributed by atoms with Gasteiger partial charge in [-0.1, -0.05) is 0 Å². The van der Waals surface area contributed by atoms with E-state index in [1.807, 2.05) is 0 Å². The fourth-order valence-electron chi connectivity index (χ4n) is 2.13. The Kier molecular flexibility index (Phi) is 3.64. The van der Waals surface area contributed by atoms with Crippen LogP contribution < -0.4 is 5.23 Å². The number of benzene rings is 1. The molecule has 1 aromatic heterocycles. The van der Waals surface area contributed by atoms with Gasteiger partial charge >= 0.3 is 5.97 Å². The Balaban J connectivity index is 1.85. The summed E-state index contributed by atoms with van der Waals surface area (Å²) >= 11 is 0. The molecule has 2 aromatic rings. The highest BCUT2D eigenvalue weighted by molar-refractivity contribution is 5.99. The Hall–Kier alpha value is -2.67. The number of rotatable bonds is 3. The van der Waals surface area contributed by atoms with Gasteiger partial charge in [0.25, 0.3) is 0 Å². The molecule has 22 heavy (non-hydrogen) atoms. The minimum atomic E-state index is -0.974. The van der Waals surface area contributed by atoms with Crippen LogP contribution in [0, 0.1) is 5.21 Å². The molecule has 0 fully saturated rings. The van der Waals surface area contributed by atoms with Crippen LogP contribution in [0.4, 0.5) is 5.69 Å². The lowest BCUT2D eigenvalue weighted by Gasteiger charge is -2.11. The lowest BCUT2D eigenvalue weighted by atomic mass is 10.1. The first-order valence-electron chi connectivity index (χ1n) is 6.59. The quantitative estimate of drug-likeness (QED) is 0.515. The van der Waals surface area contributed by atoms with E-state index in [0.717, 1.165) is 5.56 Å². The first kappa shape index (κ1) is 14.3. The van der Waals surface area contributed by atoms with Gasteiger partial charge in [0, 0.05) is 17.7 Å². The summed E-state index contributed by atoms with van der Waals surface area (Å²) in [6.07, 6.45) is 3.25. The number of furan rings is 1. The summed E-state index contributed by atoms with van der Waals surface area (Å²) in [4.78, 5) is 11.5. The number of ether oxygens (including phenoxy) is 1. The largest absolute Gasteiger partial charge is 0.595 e. The van der Waals surface area contributed by atoms with Crippen molar-refractivity contribution in [2.45, 2.75) is 6.92 Å². The molecule has 112 valence electrons. The minimum absolute atomic E-state index is 0.215. The van der Waals surface area contributed by atoms with Gasteiger partial charge < -0.3 is 14.4 Å². The van der Waals surface area contributed by atoms with Gasteiger partial charge in [-0.2, -0.15) is 5.23 Å². The topological polar surface area (TPSA) is 87.2 Å². The molecule has 1 aliphatic heterocycles. The Labute approximate surface area is 126 Å². The molecule has 1 aromatic carbocycles. The van der Waals surface area contributed by atoms with Crippen molar-refractivity contribution in [3.63, 3.8) is 0 Å². The van der Waals surface area contributed by atoms with E-state index in [1.165, 1.54) is 12.1 Å². The summed E-state index contributed by atoms with van der Waals surface area (Å²) in [6, 6.07) is 9.87. The molecule has 2 heterocycles. The molecular weight excluding hydrogens is 286 g/mol. The molecular formula is C16H13NO5. The van der Waals surface area contributed by atoms with E-state index in [-0.39, 0.29) is 5.69 Å². The number of quaternary nitrogens is 1. The molecule has 0 radical (unpaired) electrons. The van der Waals surface area contributed by atoms with Crippen LogP contribution in [0.1, 0.15) is 12.7 Å². The number of carbonyl (C=O) groups excluding carboxylic acids is 1. The Morgan fingerprint density at radius 3 is 2.50 bits per heavy atom. The van der Waals surface area contributed by atoms with Crippen LogP contribution in [-0.2, 0) is 9.53 Å². The third kappa shape index (κ3) is 2.84. The second-order valence-electron chi connectivity index (χ2n) is 4.83. The second-order valence-corrected chi connectivity index (χ2v) is 4.83. The zero-order valence-electron chi connectivity index (χ0n) is 11.7. The van der Waals surface area contributed by atoms with Crippen molar-refractivity contribution in [2.75, 3.05) is 0 Å². The molecule has 0 spiro atoms. The number of cyclic esters (lactones) is 1. The van der Waals surface area contributed by atoms with Crippen molar-refractivity contribution >= 4 is 17.7 Å². The van der Waals surface area contributed by atoms with Gasteiger partial charge in [-0.25, -0.2) is 10.0 Å². The highest BCUT2D eigenvalue weighted by Gasteiger charge is 2.18. The summed E-state index contributed by atoms with van der Waals surface area (Å²) in [6.45, 7) is 1.70.